The van der Waals surface area contributed by atoms with Gasteiger partial charge in [0.05, 0.1) is 17.6 Å². The van der Waals surface area contributed by atoms with Gasteiger partial charge in [0.2, 0.25) is 0 Å². The van der Waals surface area contributed by atoms with E-state index in [2.05, 4.69) is 33.5 Å². The summed E-state index contributed by atoms with van der Waals surface area (Å²) in [5, 5.41) is 6.62. The number of rotatable bonds is 2. The largest absolute Gasteiger partial charge is 0.385 e. The van der Waals surface area contributed by atoms with E-state index in [1.54, 1.807) is 0 Å². The summed E-state index contributed by atoms with van der Waals surface area (Å²) in [7, 11) is 1.94. The summed E-state index contributed by atoms with van der Waals surface area (Å²) < 4.78 is 0. The van der Waals surface area contributed by atoms with Crippen molar-refractivity contribution in [2.24, 2.45) is 0 Å². The molecule has 1 saturated heterocycles. The number of pyridine rings is 1. The third-order valence-electron chi connectivity index (χ3n) is 2.78. The molecule has 0 saturated carbocycles. The summed E-state index contributed by atoms with van der Waals surface area (Å²) in [5.41, 5.74) is 2.35. The van der Waals surface area contributed by atoms with Crippen LogP contribution in [-0.4, -0.2) is 37.7 Å². The van der Waals surface area contributed by atoms with Crippen LogP contribution in [0.5, 0.6) is 0 Å². The predicted octanol–water partition coefficient (Wildman–Crippen LogP) is 0.921. The number of nitrogens with one attached hydrogen (secondary N) is 2. The molecule has 4 heteroatoms. The van der Waals surface area contributed by atoms with Crippen molar-refractivity contribution in [3.05, 3.63) is 18.5 Å². The molecule has 4 nitrogen and oxygen atoms in total. The SMILES string of the molecule is CNc1cnccc1N1CCNC(C)C1. The minimum atomic E-state index is 0.552. The van der Waals surface area contributed by atoms with Gasteiger partial charge in [0.15, 0.2) is 0 Å². The van der Waals surface area contributed by atoms with Crippen molar-refractivity contribution in [2.45, 2.75) is 13.0 Å². The first kappa shape index (κ1) is 10.2. The second-order valence-electron chi connectivity index (χ2n) is 3.94. The van der Waals surface area contributed by atoms with E-state index >= 15 is 0 Å². The lowest BCUT2D eigenvalue weighted by atomic mass is 10.2. The molecule has 0 spiro atoms. The lowest BCUT2D eigenvalue weighted by molar-refractivity contribution is 0.485. The fourth-order valence-electron chi connectivity index (χ4n) is 2.01. The van der Waals surface area contributed by atoms with Crippen LogP contribution in [0.3, 0.4) is 0 Å². The molecule has 82 valence electrons. The van der Waals surface area contributed by atoms with Crippen LogP contribution < -0.4 is 15.5 Å². The molecule has 15 heavy (non-hydrogen) atoms. The minimum absolute atomic E-state index is 0.552. The predicted molar refractivity (Wildman–Crippen MR) is 63.5 cm³/mol. The number of piperazine rings is 1. The van der Waals surface area contributed by atoms with Crippen LogP contribution in [0, 0.1) is 0 Å². The molecule has 1 aliphatic heterocycles. The molecule has 2 N–H and O–H groups in total. The second-order valence-corrected chi connectivity index (χ2v) is 3.94. The first-order chi connectivity index (χ1) is 7.31. The van der Waals surface area contributed by atoms with Gasteiger partial charge in [0, 0.05) is 38.9 Å². The molecule has 1 atom stereocenters. The lowest BCUT2D eigenvalue weighted by Gasteiger charge is -2.34. The maximum atomic E-state index is 4.13. The van der Waals surface area contributed by atoms with Crippen molar-refractivity contribution in [3.63, 3.8) is 0 Å². The van der Waals surface area contributed by atoms with E-state index in [-0.39, 0.29) is 0 Å². The van der Waals surface area contributed by atoms with E-state index < -0.39 is 0 Å². The highest BCUT2D eigenvalue weighted by Gasteiger charge is 2.17. The van der Waals surface area contributed by atoms with Crippen LogP contribution in [-0.2, 0) is 0 Å². The highest BCUT2D eigenvalue weighted by molar-refractivity contribution is 5.68. The van der Waals surface area contributed by atoms with Gasteiger partial charge in [-0.2, -0.15) is 0 Å². The molecule has 2 heterocycles. The Morgan fingerprint density at radius 1 is 1.60 bits per heavy atom. The maximum absolute atomic E-state index is 4.13. The van der Waals surface area contributed by atoms with Crippen LogP contribution in [0.1, 0.15) is 6.92 Å². The number of nitrogens with zero attached hydrogens (tertiary/aromatic N) is 2. The molecule has 1 aromatic rings. The number of hydrogen-bond donors (Lipinski definition) is 2. The van der Waals surface area contributed by atoms with Crippen molar-refractivity contribution < 1.29 is 0 Å². The monoisotopic (exact) mass is 206 g/mol. The molecule has 0 aliphatic carbocycles. The highest BCUT2D eigenvalue weighted by Crippen LogP contribution is 2.24. The summed E-state index contributed by atoms with van der Waals surface area (Å²) >= 11 is 0. The van der Waals surface area contributed by atoms with Gasteiger partial charge >= 0.3 is 0 Å². The quantitative estimate of drug-likeness (QED) is 0.755. The zero-order valence-electron chi connectivity index (χ0n) is 9.33. The van der Waals surface area contributed by atoms with Gasteiger partial charge in [-0.05, 0) is 13.0 Å². The zero-order valence-corrected chi connectivity index (χ0v) is 9.33. The van der Waals surface area contributed by atoms with E-state index in [0.717, 1.165) is 25.3 Å². The Balaban J connectivity index is 2.20. The van der Waals surface area contributed by atoms with Crippen molar-refractivity contribution in [2.75, 3.05) is 36.9 Å². The first-order valence-corrected chi connectivity index (χ1v) is 5.41. The van der Waals surface area contributed by atoms with Gasteiger partial charge in [0.1, 0.15) is 0 Å². The van der Waals surface area contributed by atoms with Crippen LogP contribution in [0.4, 0.5) is 11.4 Å². The van der Waals surface area contributed by atoms with Crippen molar-refractivity contribution in [3.8, 4) is 0 Å². The van der Waals surface area contributed by atoms with Gasteiger partial charge in [-0.3, -0.25) is 4.98 Å². The van der Waals surface area contributed by atoms with Gasteiger partial charge in [-0.1, -0.05) is 0 Å². The van der Waals surface area contributed by atoms with Gasteiger partial charge in [-0.25, -0.2) is 0 Å². The van der Waals surface area contributed by atoms with Crippen molar-refractivity contribution >= 4 is 11.4 Å². The summed E-state index contributed by atoms with van der Waals surface area (Å²) in [6, 6.07) is 2.63. The fourth-order valence-corrected chi connectivity index (χ4v) is 2.01. The lowest BCUT2D eigenvalue weighted by Crippen LogP contribution is -2.49. The average molecular weight is 206 g/mol. The summed E-state index contributed by atoms with van der Waals surface area (Å²) in [6.07, 6.45) is 3.73. The zero-order chi connectivity index (χ0) is 10.7. The van der Waals surface area contributed by atoms with E-state index in [4.69, 9.17) is 0 Å². The molecule has 0 amide bonds. The molecule has 0 aromatic carbocycles. The third-order valence-corrected chi connectivity index (χ3v) is 2.78. The van der Waals surface area contributed by atoms with E-state index in [0.29, 0.717) is 6.04 Å². The minimum Gasteiger partial charge on any atom is -0.385 e. The summed E-state index contributed by atoms with van der Waals surface area (Å²) in [4.78, 5) is 6.52. The molecular formula is C11H18N4. The number of anilines is 2. The Hall–Kier alpha value is -1.29. The highest BCUT2D eigenvalue weighted by atomic mass is 15.2. The van der Waals surface area contributed by atoms with Gasteiger partial charge in [-0.15, -0.1) is 0 Å². The van der Waals surface area contributed by atoms with E-state index in [9.17, 15) is 0 Å². The van der Waals surface area contributed by atoms with Crippen molar-refractivity contribution in [1.82, 2.24) is 10.3 Å². The summed E-state index contributed by atoms with van der Waals surface area (Å²) in [6.45, 7) is 5.38. The van der Waals surface area contributed by atoms with E-state index in [1.807, 2.05) is 19.4 Å². The Bertz CT molecular complexity index is 326. The van der Waals surface area contributed by atoms with Crippen LogP contribution in [0.2, 0.25) is 0 Å². The Kier molecular flexibility index (Phi) is 3.06. The average Bonchev–Trinajstić information content (AvgIpc) is 2.29. The normalized spacial score (nSPS) is 21.5. The first-order valence-electron chi connectivity index (χ1n) is 5.41. The molecule has 0 radical (unpaired) electrons. The van der Waals surface area contributed by atoms with E-state index in [1.165, 1.54) is 5.69 Å². The smallest absolute Gasteiger partial charge is 0.0761 e. The fraction of sp³-hybridized carbons (Fsp3) is 0.545. The topological polar surface area (TPSA) is 40.2 Å². The molecule has 2 rings (SSSR count). The van der Waals surface area contributed by atoms with Crippen LogP contribution in [0.25, 0.3) is 0 Å². The maximum Gasteiger partial charge on any atom is 0.0761 e. The molecule has 1 aromatic heterocycles. The van der Waals surface area contributed by atoms with Gasteiger partial charge in [0.25, 0.3) is 0 Å². The van der Waals surface area contributed by atoms with Crippen molar-refractivity contribution in [1.29, 1.82) is 0 Å². The molecule has 0 bridgehead atoms. The standard InChI is InChI=1S/C11H18N4/c1-9-8-15(6-5-14-9)11-3-4-13-7-10(11)12-2/h3-4,7,9,12,14H,5-6,8H2,1-2H3. The molecule has 1 aliphatic rings. The second kappa shape index (κ2) is 4.49. The van der Waals surface area contributed by atoms with Crippen LogP contribution in [0.15, 0.2) is 18.5 Å². The Labute approximate surface area is 90.7 Å². The Morgan fingerprint density at radius 3 is 3.20 bits per heavy atom. The van der Waals surface area contributed by atoms with Crippen LogP contribution >= 0.6 is 0 Å². The summed E-state index contributed by atoms with van der Waals surface area (Å²) in [5.74, 6) is 0. The van der Waals surface area contributed by atoms with Gasteiger partial charge < -0.3 is 15.5 Å². The molecule has 1 unspecified atom stereocenters. The Morgan fingerprint density at radius 2 is 2.47 bits per heavy atom. The number of hydrogen-bond acceptors (Lipinski definition) is 4. The molecular weight excluding hydrogens is 188 g/mol. The third kappa shape index (κ3) is 2.21. The number of aromatic nitrogens is 1. The molecule has 1 fully saturated rings.